The van der Waals surface area contributed by atoms with Crippen molar-refractivity contribution >= 4 is 39.3 Å². The minimum absolute atomic E-state index is 0.342. The van der Waals surface area contributed by atoms with Crippen LogP contribution >= 0.6 is 0 Å². The van der Waals surface area contributed by atoms with E-state index in [2.05, 4.69) is 64.9 Å². The molecule has 3 aromatic heterocycles. The fourth-order valence-corrected chi connectivity index (χ4v) is 3.87. The molecule has 4 aromatic rings. The Bertz CT molecular complexity index is 1130. The molecular formula is C21H20N4O. The van der Waals surface area contributed by atoms with Crippen molar-refractivity contribution in [3.8, 4) is 0 Å². The van der Waals surface area contributed by atoms with Crippen LogP contribution in [0, 0.1) is 6.92 Å². The Balaban J connectivity index is 1.82. The Morgan fingerprint density at radius 3 is 2.73 bits per heavy atom. The molecule has 4 heterocycles. The molecule has 5 heteroatoms. The first kappa shape index (κ1) is 15.2. The lowest BCUT2D eigenvalue weighted by atomic mass is 10.0. The van der Waals surface area contributed by atoms with Crippen LogP contribution in [0.25, 0.3) is 22.1 Å². The molecule has 0 saturated heterocycles. The maximum atomic E-state index is 6.21. The molecular weight excluding hydrogens is 324 g/mol. The van der Waals surface area contributed by atoms with E-state index in [0.717, 1.165) is 40.1 Å². The lowest BCUT2D eigenvalue weighted by molar-refractivity contribution is 0.635. The molecule has 0 amide bonds. The van der Waals surface area contributed by atoms with Crippen LogP contribution in [0.3, 0.4) is 0 Å². The van der Waals surface area contributed by atoms with Crippen LogP contribution in [-0.2, 0) is 0 Å². The number of hydrogen-bond donors (Lipinski definition) is 0. The number of hydrogen-bond acceptors (Lipinski definition) is 5. The number of pyridine rings is 2. The summed E-state index contributed by atoms with van der Waals surface area (Å²) >= 11 is 0. The first-order valence-corrected chi connectivity index (χ1v) is 8.87. The SMILES string of the molecule is Cc1ccc2c(oc3ncccc32)c1N1C[C@H](C)N(C)c2ncccc21. The molecule has 0 unspecified atom stereocenters. The van der Waals surface area contributed by atoms with Gasteiger partial charge in [-0.15, -0.1) is 0 Å². The van der Waals surface area contributed by atoms with E-state index in [0.29, 0.717) is 11.8 Å². The molecule has 1 aliphatic heterocycles. The number of fused-ring (bicyclic) bond motifs is 4. The molecule has 1 atom stereocenters. The van der Waals surface area contributed by atoms with Gasteiger partial charge in [0.25, 0.3) is 0 Å². The van der Waals surface area contributed by atoms with E-state index in [1.54, 1.807) is 6.20 Å². The van der Waals surface area contributed by atoms with Crippen molar-refractivity contribution in [1.82, 2.24) is 9.97 Å². The number of aromatic nitrogens is 2. The second-order valence-electron chi connectivity index (χ2n) is 6.98. The van der Waals surface area contributed by atoms with E-state index in [9.17, 15) is 0 Å². The zero-order valence-corrected chi connectivity index (χ0v) is 15.1. The van der Waals surface area contributed by atoms with E-state index in [1.165, 1.54) is 5.56 Å². The van der Waals surface area contributed by atoms with Gasteiger partial charge in [0.1, 0.15) is 0 Å². The predicted octanol–water partition coefficient (Wildman–Crippen LogP) is 4.66. The highest BCUT2D eigenvalue weighted by Gasteiger charge is 2.30. The molecule has 0 saturated carbocycles. The highest BCUT2D eigenvalue weighted by Crippen LogP contribution is 2.43. The van der Waals surface area contributed by atoms with Crippen LogP contribution in [0.1, 0.15) is 12.5 Å². The average Bonchev–Trinajstić information content (AvgIpc) is 3.03. The predicted molar refractivity (Wildman–Crippen MR) is 105 cm³/mol. The molecule has 26 heavy (non-hydrogen) atoms. The van der Waals surface area contributed by atoms with Crippen molar-refractivity contribution in [2.45, 2.75) is 19.9 Å². The summed E-state index contributed by atoms with van der Waals surface area (Å²) in [6, 6.07) is 12.8. The second-order valence-corrected chi connectivity index (χ2v) is 6.98. The third-order valence-corrected chi connectivity index (χ3v) is 5.36. The van der Waals surface area contributed by atoms with Crippen LogP contribution in [0.15, 0.2) is 53.2 Å². The Hall–Kier alpha value is -3.08. The zero-order chi connectivity index (χ0) is 17.8. The van der Waals surface area contributed by atoms with Crippen molar-refractivity contribution in [2.24, 2.45) is 0 Å². The standard InChI is InChI=1S/C21H20N4O/c1-13-8-9-15-16-6-4-11-23-21(16)26-19(15)18(13)25-12-14(2)24(3)20-17(25)7-5-10-22-20/h4-11,14H,12H2,1-3H3/t14-/m0/s1. The van der Waals surface area contributed by atoms with Crippen molar-refractivity contribution in [3.05, 3.63) is 54.4 Å². The largest absolute Gasteiger partial charge is 0.435 e. The Morgan fingerprint density at radius 2 is 1.85 bits per heavy atom. The normalized spacial score (nSPS) is 17.1. The van der Waals surface area contributed by atoms with Gasteiger partial charge in [0.05, 0.1) is 11.4 Å². The van der Waals surface area contributed by atoms with E-state index in [-0.39, 0.29) is 0 Å². The highest BCUT2D eigenvalue weighted by atomic mass is 16.3. The number of benzene rings is 1. The lowest BCUT2D eigenvalue weighted by Crippen LogP contribution is -2.44. The highest BCUT2D eigenvalue weighted by molar-refractivity contribution is 6.09. The molecule has 5 nitrogen and oxygen atoms in total. The average molecular weight is 344 g/mol. The van der Waals surface area contributed by atoms with Gasteiger partial charge in [-0.25, -0.2) is 9.97 Å². The number of nitrogens with zero attached hydrogens (tertiary/aromatic N) is 4. The Labute approximate surface area is 151 Å². The number of furan rings is 1. The van der Waals surface area contributed by atoms with Crippen LogP contribution in [0.5, 0.6) is 0 Å². The minimum atomic E-state index is 0.342. The fourth-order valence-electron chi connectivity index (χ4n) is 3.87. The van der Waals surface area contributed by atoms with Gasteiger partial charge in [0.2, 0.25) is 5.71 Å². The summed E-state index contributed by atoms with van der Waals surface area (Å²) in [5.41, 5.74) is 4.98. The summed E-state index contributed by atoms with van der Waals surface area (Å²) in [5, 5.41) is 2.16. The maximum absolute atomic E-state index is 6.21. The molecule has 0 spiro atoms. The molecule has 5 rings (SSSR count). The van der Waals surface area contributed by atoms with Gasteiger partial charge in [0, 0.05) is 42.8 Å². The second kappa shape index (κ2) is 5.46. The molecule has 0 bridgehead atoms. The van der Waals surface area contributed by atoms with Crippen molar-refractivity contribution in [3.63, 3.8) is 0 Å². The van der Waals surface area contributed by atoms with Crippen LogP contribution in [0.4, 0.5) is 17.2 Å². The molecule has 0 N–H and O–H groups in total. The van der Waals surface area contributed by atoms with Gasteiger partial charge in [-0.2, -0.15) is 0 Å². The maximum Gasteiger partial charge on any atom is 0.227 e. The third-order valence-electron chi connectivity index (χ3n) is 5.36. The summed E-state index contributed by atoms with van der Waals surface area (Å²) in [5.74, 6) is 0.997. The topological polar surface area (TPSA) is 45.4 Å². The Kier molecular flexibility index (Phi) is 3.19. The summed E-state index contributed by atoms with van der Waals surface area (Å²) in [4.78, 5) is 13.6. The summed E-state index contributed by atoms with van der Waals surface area (Å²) in [6.45, 7) is 5.23. The van der Waals surface area contributed by atoms with E-state index >= 15 is 0 Å². The molecule has 0 radical (unpaired) electrons. The molecule has 0 fully saturated rings. The first-order valence-electron chi connectivity index (χ1n) is 8.87. The van der Waals surface area contributed by atoms with Crippen molar-refractivity contribution in [1.29, 1.82) is 0 Å². The van der Waals surface area contributed by atoms with E-state index < -0.39 is 0 Å². The van der Waals surface area contributed by atoms with Crippen LogP contribution < -0.4 is 9.80 Å². The molecule has 130 valence electrons. The van der Waals surface area contributed by atoms with Gasteiger partial charge in [0.15, 0.2) is 11.4 Å². The summed E-state index contributed by atoms with van der Waals surface area (Å²) < 4.78 is 6.21. The first-order chi connectivity index (χ1) is 12.6. The smallest absolute Gasteiger partial charge is 0.227 e. The third kappa shape index (κ3) is 2.03. The van der Waals surface area contributed by atoms with Crippen LogP contribution in [-0.4, -0.2) is 29.6 Å². The minimum Gasteiger partial charge on any atom is -0.435 e. The van der Waals surface area contributed by atoms with Gasteiger partial charge >= 0.3 is 0 Å². The summed E-state index contributed by atoms with van der Waals surface area (Å²) in [6.07, 6.45) is 3.62. The van der Waals surface area contributed by atoms with Crippen molar-refractivity contribution in [2.75, 3.05) is 23.4 Å². The van der Waals surface area contributed by atoms with E-state index in [1.807, 2.05) is 18.3 Å². The molecule has 1 aliphatic rings. The van der Waals surface area contributed by atoms with Gasteiger partial charge < -0.3 is 14.2 Å². The van der Waals surface area contributed by atoms with Crippen LogP contribution in [0.2, 0.25) is 0 Å². The van der Waals surface area contributed by atoms with E-state index in [4.69, 9.17) is 4.42 Å². The number of rotatable bonds is 1. The lowest BCUT2D eigenvalue weighted by Gasteiger charge is -2.40. The fraction of sp³-hybridized carbons (Fsp3) is 0.238. The number of aryl methyl sites for hydroxylation is 1. The van der Waals surface area contributed by atoms with Crippen molar-refractivity contribution < 1.29 is 4.42 Å². The zero-order valence-electron chi connectivity index (χ0n) is 15.1. The van der Waals surface area contributed by atoms with Gasteiger partial charge in [-0.05, 0) is 43.7 Å². The Morgan fingerprint density at radius 1 is 1.04 bits per heavy atom. The van der Waals surface area contributed by atoms with Gasteiger partial charge in [-0.1, -0.05) is 12.1 Å². The summed E-state index contributed by atoms with van der Waals surface area (Å²) in [7, 11) is 2.10. The number of likely N-dealkylation sites (N-methyl/N-ethyl adjacent to an activating group) is 1. The molecule has 0 aliphatic carbocycles. The van der Waals surface area contributed by atoms with Gasteiger partial charge in [-0.3, -0.25) is 0 Å². The molecule has 1 aromatic carbocycles. The quantitative estimate of drug-likeness (QED) is 0.502. The monoisotopic (exact) mass is 344 g/mol. The number of anilines is 3.